The van der Waals surface area contributed by atoms with Gasteiger partial charge in [0.2, 0.25) is 0 Å². The van der Waals surface area contributed by atoms with Crippen LogP contribution < -0.4 is 4.90 Å². The maximum Gasteiger partial charge on any atom is 0.135 e. The number of hydrogen-bond donors (Lipinski definition) is 0. The van der Waals surface area contributed by atoms with Crippen LogP contribution in [0.2, 0.25) is 5.15 Å². The summed E-state index contributed by atoms with van der Waals surface area (Å²) in [4.78, 5) is 11.3. The molecule has 18 heavy (non-hydrogen) atoms. The first kappa shape index (κ1) is 13.6. The lowest BCUT2D eigenvalue weighted by atomic mass is 9.84. The van der Waals surface area contributed by atoms with Crippen molar-refractivity contribution in [2.75, 3.05) is 18.0 Å². The topological polar surface area (TPSA) is 29.0 Å². The minimum absolute atomic E-state index is 0.306. The largest absolute Gasteiger partial charge is 0.356 e. The maximum absolute atomic E-state index is 6.11. The van der Waals surface area contributed by atoms with Crippen molar-refractivity contribution in [3.05, 3.63) is 17.0 Å². The molecule has 0 unspecified atom stereocenters. The zero-order valence-corrected chi connectivity index (χ0v) is 12.5. The fraction of sp³-hybridized carbons (Fsp3) is 0.714. The van der Waals surface area contributed by atoms with E-state index in [0.717, 1.165) is 24.7 Å². The quantitative estimate of drug-likeness (QED) is 0.762. The van der Waals surface area contributed by atoms with Crippen LogP contribution in [0.4, 0.5) is 5.82 Å². The fourth-order valence-electron chi connectivity index (χ4n) is 2.46. The van der Waals surface area contributed by atoms with Gasteiger partial charge in [0.15, 0.2) is 0 Å². The molecule has 2 heterocycles. The van der Waals surface area contributed by atoms with Crippen LogP contribution in [-0.2, 0) is 0 Å². The Bertz CT molecular complexity index is 429. The number of rotatable bonds is 2. The predicted octanol–water partition coefficient (Wildman–Crippen LogP) is 3.88. The second-order valence-corrected chi connectivity index (χ2v) is 6.64. The second-order valence-electron chi connectivity index (χ2n) is 6.25. The molecule has 3 nitrogen and oxygen atoms in total. The van der Waals surface area contributed by atoms with Gasteiger partial charge >= 0.3 is 0 Å². The Balaban J connectivity index is 2.27. The summed E-state index contributed by atoms with van der Waals surface area (Å²) in [6.07, 6.45) is 2.49. The van der Waals surface area contributed by atoms with Crippen LogP contribution in [0.15, 0.2) is 6.07 Å². The number of aromatic nitrogens is 2. The molecule has 1 aliphatic rings. The first-order chi connectivity index (χ1) is 8.37. The molecule has 1 aliphatic heterocycles. The monoisotopic (exact) mass is 267 g/mol. The third-order valence-electron chi connectivity index (χ3n) is 3.44. The molecule has 0 aromatic carbocycles. The van der Waals surface area contributed by atoms with Gasteiger partial charge in [0.25, 0.3) is 0 Å². The number of hydrogen-bond acceptors (Lipinski definition) is 3. The molecule has 1 saturated heterocycles. The van der Waals surface area contributed by atoms with Crippen molar-refractivity contribution >= 4 is 17.4 Å². The Kier molecular flexibility index (Phi) is 3.81. The van der Waals surface area contributed by atoms with Gasteiger partial charge in [-0.1, -0.05) is 39.3 Å². The molecule has 0 amide bonds. The van der Waals surface area contributed by atoms with E-state index in [-0.39, 0.29) is 0 Å². The third kappa shape index (κ3) is 3.14. The van der Waals surface area contributed by atoms with E-state index in [1.54, 1.807) is 0 Å². The van der Waals surface area contributed by atoms with Gasteiger partial charge in [-0.15, -0.1) is 0 Å². The van der Waals surface area contributed by atoms with Crippen molar-refractivity contribution in [2.45, 2.75) is 46.5 Å². The van der Waals surface area contributed by atoms with E-state index in [9.17, 15) is 0 Å². The first-order valence-electron chi connectivity index (χ1n) is 6.67. The summed E-state index contributed by atoms with van der Waals surface area (Å²) in [6, 6.07) is 1.88. The van der Waals surface area contributed by atoms with Crippen LogP contribution in [0.1, 0.15) is 52.3 Å². The maximum atomic E-state index is 6.11. The fourth-order valence-corrected chi connectivity index (χ4v) is 2.65. The Hall–Kier alpha value is -0.830. The molecule has 0 aliphatic carbocycles. The van der Waals surface area contributed by atoms with Crippen molar-refractivity contribution in [1.29, 1.82) is 0 Å². The zero-order valence-electron chi connectivity index (χ0n) is 11.7. The van der Waals surface area contributed by atoms with Crippen LogP contribution in [0.25, 0.3) is 0 Å². The van der Waals surface area contributed by atoms with Gasteiger partial charge in [-0.25, -0.2) is 9.97 Å². The van der Waals surface area contributed by atoms with E-state index in [1.165, 1.54) is 12.8 Å². The van der Waals surface area contributed by atoms with Crippen LogP contribution in [0, 0.1) is 5.41 Å². The molecule has 0 N–H and O–H groups in total. The lowest BCUT2D eigenvalue weighted by molar-refractivity contribution is 0.292. The standard InChI is InChI=1S/C14H22ClN3/c1-10(2)13-16-11(15)8-12(17-13)18-7-5-6-14(3,4)9-18/h8,10H,5-7,9H2,1-4H3. The highest BCUT2D eigenvalue weighted by molar-refractivity contribution is 6.29. The summed E-state index contributed by atoms with van der Waals surface area (Å²) in [6.45, 7) is 10.9. The Labute approximate surface area is 115 Å². The van der Waals surface area contributed by atoms with Crippen LogP contribution in [0.3, 0.4) is 0 Å². The van der Waals surface area contributed by atoms with E-state index < -0.39 is 0 Å². The molecule has 4 heteroatoms. The molecule has 0 radical (unpaired) electrons. The van der Waals surface area contributed by atoms with E-state index in [2.05, 4.69) is 42.6 Å². The highest BCUT2D eigenvalue weighted by Crippen LogP contribution is 2.31. The lowest BCUT2D eigenvalue weighted by Crippen LogP contribution is -2.40. The lowest BCUT2D eigenvalue weighted by Gasteiger charge is -2.38. The highest BCUT2D eigenvalue weighted by atomic mass is 35.5. The van der Waals surface area contributed by atoms with Gasteiger partial charge in [0.1, 0.15) is 16.8 Å². The Morgan fingerprint density at radius 2 is 2.06 bits per heavy atom. The van der Waals surface area contributed by atoms with Crippen molar-refractivity contribution in [2.24, 2.45) is 5.41 Å². The average molecular weight is 268 g/mol. The van der Waals surface area contributed by atoms with Gasteiger partial charge in [-0.2, -0.15) is 0 Å². The van der Waals surface area contributed by atoms with Crippen molar-refractivity contribution in [3.63, 3.8) is 0 Å². The second kappa shape index (κ2) is 5.04. The number of piperidine rings is 1. The van der Waals surface area contributed by atoms with E-state index in [0.29, 0.717) is 16.5 Å². The molecule has 0 atom stereocenters. The average Bonchev–Trinajstić information content (AvgIpc) is 2.26. The highest BCUT2D eigenvalue weighted by Gasteiger charge is 2.27. The minimum Gasteiger partial charge on any atom is -0.356 e. The Morgan fingerprint density at radius 3 is 2.67 bits per heavy atom. The van der Waals surface area contributed by atoms with Gasteiger partial charge in [0.05, 0.1) is 0 Å². The minimum atomic E-state index is 0.306. The summed E-state index contributed by atoms with van der Waals surface area (Å²) in [5.41, 5.74) is 0.355. The zero-order chi connectivity index (χ0) is 13.3. The number of halogens is 1. The number of anilines is 1. The van der Waals surface area contributed by atoms with Crippen LogP contribution >= 0.6 is 11.6 Å². The summed E-state index contributed by atoms with van der Waals surface area (Å²) in [5.74, 6) is 2.12. The van der Waals surface area contributed by atoms with E-state index in [1.807, 2.05) is 6.07 Å². The van der Waals surface area contributed by atoms with Crippen molar-refractivity contribution < 1.29 is 0 Å². The molecule has 0 spiro atoms. The molecule has 2 rings (SSSR count). The third-order valence-corrected chi connectivity index (χ3v) is 3.63. The molecular formula is C14H22ClN3. The van der Waals surface area contributed by atoms with Crippen molar-refractivity contribution in [3.8, 4) is 0 Å². The molecule has 1 fully saturated rings. The van der Waals surface area contributed by atoms with E-state index >= 15 is 0 Å². The van der Waals surface area contributed by atoms with E-state index in [4.69, 9.17) is 11.6 Å². The van der Waals surface area contributed by atoms with Crippen LogP contribution in [0.5, 0.6) is 0 Å². The SMILES string of the molecule is CC(C)c1nc(Cl)cc(N2CCCC(C)(C)C2)n1. The summed E-state index contributed by atoms with van der Waals surface area (Å²) >= 11 is 6.11. The first-order valence-corrected chi connectivity index (χ1v) is 7.05. The van der Waals surface area contributed by atoms with Crippen LogP contribution in [-0.4, -0.2) is 23.1 Å². The molecular weight excluding hydrogens is 246 g/mol. The Morgan fingerprint density at radius 1 is 1.33 bits per heavy atom. The molecule has 1 aromatic heterocycles. The van der Waals surface area contributed by atoms with Crippen molar-refractivity contribution in [1.82, 2.24) is 9.97 Å². The predicted molar refractivity (Wildman–Crippen MR) is 76.4 cm³/mol. The van der Waals surface area contributed by atoms with Gasteiger partial charge in [0, 0.05) is 25.1 Å². The molecule has 0 saturated carbocycles. The summed E-state index contributed by atoms with van der Waals surface area (Å²) in [5, 5.41) is 0.548. The summed E-state index contributed by atoms with van der Waals surface area (Å²) in [7, 11) is 0. The molecule has 0 bridgehead atoms. The number of nitrogens with zero attached hydrogens (tertiary/aromatic N) is 3. The summed E-state index contributed by atoms with van der Waals surface area (Å²) < 4.78 is 0. The van der Waals surface area contributed by atoms with Gasteiger partial charge in [-0.3, -0.25) is 0 Å². The molecule has 1 aromatic rings. The normalized spacial score (nSPS) is 19.3. The molecule has 100 valence electrons. The van der Waals surface area contributed by atoms with Gasteiger partial charge < -0.3 is 4.90 Å². The van der Waals surface area contributed by atoms with Gasteiger partial charge in [-0.05, 0) is 18.3 Å². The smallest absolute Gasteiger partial charge is 0.135 e.